The number of nitrogens with zero attached hydrogens (tertiary/aromatic N) is 6. The summed E-state index contributed by atoms with van der Waals surface area (Å²) in [5.74, 6) is 2.51. The monoisotopic (exact) mass is 1100 g/mol. The van der Waals surface area contributed by atoms with Gasteiger partial charge in [-0.25, -0.2) is 0 Å². The summed E-state index contributed by atoms with van der Waals surface area (Å²) in [6.45, 7) is 20.2. The van der Waals surface area contributed by atoms with Crippen molar-refractivity contribution in [2.75, 3.05) is 49.9 Å². The Hall–Kier alpha value is -7.98. The number of para-hydroxylation sites is 4. The van der Waals surface area contributed by atoms with Gasteiger partial charge in [-0.05, 0) is 117 Å². The van der Waals surface area contributed by atoms with Gasteiger partial charge >= 0.3 is 12.0 Å². The Morgan fingerprint density at radius 1 is 0.487 bits per heavy atom. The van der Waals surface area contributed by atoms with Crippen LogP contribution in [0.5, 0.6) is 46.8 Å². The Labute approximate surface area is 457 Å². The van der Waals surface area contributed by atoms with E-state index in [4.69, 9.17) is 18.9 Å². The average Bonchev–Trinajstić information content (AvgIpc) is 3.43. The van der Waals surface area contributed by atoms with Gasteiger partial charge in [-0.3, -0.25) is 9.11 Å². The Morgan fingerprint density at radius 2 is 0.859 bits per heavy atom. The third-order valence-electron chi connectivity index (χ3n) is 12.0. The molecule has 7 aromatic rings. The fraction of sp³-hybridized carbons (Fsp3) is 0.241. The SMILES string of the molecule is CCN(CC)CC.CCN(CC)CC.O=S(=O)(O)C1(S(=O)(=O)O)CC(Nc2cc(Oc3ccccc3)nc(Oc3ccccc3)n2)=CC=C1C=Cc1ccc(Nc2cc(Oc3ccccc3)nc(Oc3ccccc3)n2)cc1. The number of nitrogens with one attached hydrogen (secondary N) is 2. The third kappa shape index (κ3) is 17.3. The van der Waals surface area contributed by atoms with Gasteiger partial charge in [0.25, 0.3) is 24.3 Å². The van der Waals surface area contributed by atoms with Crippen LogP contribution in [0.4, 0.5) is 17.3 Å². The molecule has 0 atom stereocenters. The molecule has 2 heterocycles. The molecule has 8 rings (SSSR count). The van der Waals surface area contributed by atoms with Gasteiger partial charge in [0.15, 0.2) is 0 Å². The van der Waals surface area contributed by atoms with E-state index in [0.29, 0.717) is 40.1 Å². The quantitative estimate of drug-likeness (QED) is 0.0463. The molecule has 0 saturated carbocycles. The molecule has 0 amide bonds. The van der Waals surface area contributed by atoms with Crippen molar-refractivity contribution >= 4 is 43.6 Å². The minimum absolute atomic E-state index is 0.0145. The first-order valence-electron chi connectivity index (χ1n) is 25.4. The van der Waals surface area contributed by atoms with E-state index < -0.39 is 36.3 Å². The fourth-order valence-electron chi connectivity index (χ4n) is 7.67. The van der Waals surface area contributed by atoms with Crippen molar-refractivity contribution in [3.8, 4) is 46.8 Å². The highest BCUT2D eigenvalue weighted by molar-refractivity contribution is 8.05. The van der Waals surface area contributed by atoms with Gasteiger partial charge in [0.2, 0.25) is 11.8 Å². The first-order chi connectivity index (χ1) is 37.6. The zero-order chi connectivity index (χ0) is 56.0. The number of anilines is 3. The lowest BCUT2D eigenvalue weighted by Crippen LogP contribution is -2.49. The number of rotatable bonds is 22. The summed E-state index contributed by atoms with van der Waals surface area (Å²) >= 11 is 0. The van der Waals surface area contributed by atoms with Crippen molar-refractivity contribution in [3.63, 3.8) is 0 Å². The summed E-state index contributed by atoms with van der Waals surface area (Å²) in [6, 6.07) is 45.0. The molecular formula is C58H66N8O10S2. The van der Waals surface area contributed by atoms with E-state index in [-0.39, 0.29) is 35.3 Å². The number of allylic oxidation sites excluding steroid dienone is 4. The molecular weight excluding hydrogens is 1030 g/mol. The van der Waals surface area contributed by atoms with Crippen molar-refractivity contribution in [3.05, 3.63) is 193 Å². The van der Waals surface area contributed by atoms with Crippen LogP contribution in [0.3, 0.4) is 0 Å². The number of ether oxygens (including phenoxy) is 4. The molecule has 5 aromatic carbocycles. The molecule has 18 nitrogen and oxygen atoms in total. The van der Waals surface area contributed by atoms with Crippen molar-refractivity contribution in [1.82, 2.24) is 29.7 Å². The summed E-state index contributed by atoms with van der Waals surface area (Å²) in [4.78, 5) is 22.3. The zero-order valence-corrected chi connectivity index (χ0v) is 46.1. The van der Waals surface area contributed by atoms with Crippen molar-refractivity contribution in [1.29, 1.82) is 0 Å². The van der Waals surface area contributed by atoms with E-state index in [0.717, 1.165) is 6.08 Å². The molecule has 0 unspecified atom stereocenters. The van der Waals surface area contributed by atoms with Gasteiger partial charge in [-0.2, -0.15) is 36.8 Å². The molecule has 0 aliphatic heterocycles. The molecule has 410 valence electrons. The predicted molar refractivity (Wildman–Crippen MR) is 306 cm³/mol. The zero-order valence-electron chi connectivity index (χ0n) is 44.4. The summed E-state index contributed by atoms with van der Waals surface area (Å²) in [7, 11) is -11.1. The minimum atomic E-state index is -5.57. The average molecular weight is 1100 g/mol. The Morgan fingerprint density at radius 3 is 1.22 bits per heavy atom. The first-order valence-corrected chi connectivity index (χ1v) is 28.3. The summed E-state index contributed by atoms with van der Waals surface area (Å²) in [5.41, 5.74) is 0.581. The van der Waals surface area contributed by atoms with Crippen LogP contribution in [0.2, 0.25) is 0 Å². The van der Waals surface area contributed by atoms with E-state index >= 15 is 0 Å². The van der Waals surface area contributed by atoms with Gasteiger partial charge in [0.1, 0.15) is 34.6 Å². The van der Waals surface area contributed by atoms with E-state index in [1.54, 1.807) is 115 Å². The van der Waals surface area contributed by atoms with Crippen molar-refractivity contribution < 1.29 is 44.9 Å². The van der Waals surface area contributed by atoms with E-state index in [9.17, 15) is 25.9 Å². The number of aromatic nitrogens is 4. The van der Waals surface area contributed by atoms with Crippen molar-refractivity contribution in [2.24, 2.45) is 0 Å². The van der Waals surface area contributed by atoms with Gasteiger partial charge in [-0.1, -0.05) is 145 Å². The summed E-state index contributed by atoms with van der Waals surface area (Å²) < 4.78 is 94.1. The van der Waals surface area contributed by atoms with Gasteiger partial charge < -0.3 is 39.4 Å². The van der Waals surface area contributed by atoms with Crippen LogP contribution in [0.1, 0.15) is 53.5 Å². The second kappa shape index (κ2) is 29.0. The van der Waals surface area contributed by atoms with Crippen LogP contribution in [0.15, 0.2) is 187 Å². The molecule has 2 aromatic heterocycles. The topological polar surface area (TPSA) is 228 Å². The minimum Gasteiger partial charge on any atom is -0.439 e. The summed E-state index contributed by atoms with van der Waals surface area (Å²) in [5, 5.41) is 6.07. The Kier molecular flexibility index (Phi) is 22.0. The van der Waals surface area contributed by atoms with Crippen LogP contribution in [0, 0.1) is 0 Å². The van der Waals surface area contributed by atoms with E-state index in [1.165, 1.54) is 63.6 Å². The first kappa shape index (κ1) is 59.3. The Balaban J connectivity index is 0.000000621. The maximum atomic E-state index is 13.1. The van der Waals surface area contributed by atoms with E-state index in [1.807, 2.05) is 36.4 Å². The lowest BCUT2D eigenvalue weighted by Gasteiger charge is -2.32. The molecule has 0 spiro atoms. The highest BCUT2D eigenvalue weighted by Crippen LogP contribution is 2.42. The molecule has 1 aliphatic carbocycles. The fourth-order valence-corrected chi connectivity index (χ4v) is 10.3. The number of hydrogen-bond acceptors (Lipinski definition) is 16. The van der Waals surface area contributed by atoms with Gasteiger partial charge in [-0.15, -0.1) is 0 Å². The Bertz CT molecular complexity index is 3120. The molecule has 0 fully saturated rings. The van der Waals surface area contributed by atoms with Crippen LogP contribution in [-0.4, -0.2) is 99.0 Å². The van der Waals surface area contributed by atoms with Crippen LogP contribution in [0.25, 0.3) is 6.08 Å². The lowest BCUT2D eigenvalue weighted by molar-refractivity contribution is 0.321. The second-order valence-corrected chi connectivity index (χ2v) is 20.6. The highest BCUT2D eigenvalue weighted by atomic mass is 32.3. The molecule has 0 saturated heterocycles. The van der Waals surface area contributed by atoms with Crippen LogP contribution in [-0.2, 0) is 20.2 Å². The van der Waals surface area contributed by atoms with Crippen LogP contribution < -0.4 is 29.6 Å². The molecule has 1 aliphatic rings. The standard InChI is InChI=1S/C46H36N6O10S2.2C6H15N/c53-63(54,55)46(64(56,57)58)31-35(48-41-30-43(60-37-15-7-2-8-16-37)52-45(50-41)62-39-19-11-4-12-20-39)28-25-33(46)24-21-32-22-26-34(27-23-32)47-40-29-42(59-36-13-5-1-6-14-36)51-44(49-40)61-38-17-9-3-10-18-38;2*1-4-7(5-2)6-3/h1-30H,31H2,(H,47,49,51)(H,48,50,52)(H,53,54,55)(H,56,57,58);2*4-6H2,1-3H3. The highest BCUT2D eigenvalue weighted by Gasteiger charge is 2.58. The van der Waals surface area contributed by atoms with Gasteiger partial charge in [0, 0.05) is 29.9 Å². The largest absolute Gasteiger partial charge is 0.439 e. The predicted octanol–water partition coefficient (Wildman–Crippen LogP) is 12.7. The van der Waals surface area contributed by atoms with Crippen molar-refractivity contribution in [2.45, 2.75) is 52.0 Å². The molecule has 0 bridgehead atoms. The number of benzene rings is 5. The molecule has 4 N–H and O–H groups in total. The lowest BCUT2D eigenvalue weighted by atomic mass is 9.99. The molecule has 78 heavy (non-hydrogen) atoms. The smallest absolute Gasteiger partial charge is 0.327 e. The van der Waals surface area contributed by atoms with Gasteiger partial charge in [0.05, 0.1) is 0 Å². The third-order valence-corrected chi connectivity index (χ3v) is 15.7. The van der Waals surface area contributed by atoms with Crippen LogP contribution >= 0.6 is 0 Å². The molecule has 20 heteroatoms. The maximum Gasteiger partial charge on any atom is 0.327 e. The normalized spacial score (nSPS) is 13.0. The molecule has 0 radical (unpaired) electrons. The number of hydrogen-bond donors (Lipinski definition) is 4. The summed E-state index contributed by atoms with van der Waals surface area (Å²) in [6.07, 6.45) is 4.22. The maximum absolute atomic E-state index is 13.1. The van der Waals surface area contributed by atoms with E-state index in [2.05, 4.69) is 81.9 Å². The second-order valence-electron chi connectivity index (χ2n) is 17.0.